The molecule has 2 aliphatic carbocycles. The summed E-state index contributed by atoms with van der Waals surface area (Å²) in [6.45, 7) is 0. The fourth-order valence-corrected chi connectivity index (χ4v) is 2.09. The van der Waals surface area contributed by atoms with E-state index in [1.807, 2.05) is 6.07 Å². The van der Waals surface area contributed by atoms with Crippen LogP contribution in [-0.2, 0) is 0 Å². The van der Waals surface area contributed by atoms with Gasteiger partial charge >= 0.3 is 0 Å². The third kappa shape index (κ3) is 2.33. The van der Waals surface area contributed by atoms with Gasteiger partial charge in [-0.15, -0.1) is 0 Å². The minimum atomic E-state index is 1.23. The summed E-state index contributed by atoms with van der Waals surface area (Å²) in [6, 6.07) is 25.3. The molecule has 0 N–H and O–H groups in total. The fourth-order valence-electron chi connectivity index (χ4n) is 2.09. The molecule has 1 aromatic carbocycles. The van der Waals surface area contributed by atoms with Gasteiger partial charge in [-0.1, -0.05) is 72.8 Å². The van der Waals surface area contributed by atoms with E-state index >= 15 is 0 Å². The Kier molecular flexibility index (Phi) is 2.93. The average molecular weight is 230 g/mol. The lowest BCUT2D eigenvalue weighted by atomic mass is 10.2. The van der Waals surface area contributed by atoms with Gasteiger partial charge in [-0.25, -0.2) is 0 Å². The van der Waals surface area contributed by atoms with Crippen LogP contribution in [0.25, 0.3) is 23.3 Å². The molecule has 1 aromatic rings. The van der Waals surface area contributed by atoms with Crippen molar-refractivity contribution in [2.24, 2.45) is 0 Å². The standard InChI is InChI=1S/C18H14/c1-3-7-15(8-4-1)11-12-16-13-17-9-5-2-6-10-18(17)14-16/h1-14H/b12-11+. The molecule has 86 valence electrons. The minimum absolute atomic E-state index is 1.23. The SMILES string of the molecule is C(=C\c1cc2cccccc-2c1)/c1ccccc1. The van der Waals surface area contributed by atoms with Crippen molar-refractivity contribution in [2.45, 2.75) is 0 Å². The maximum Gasteiger partial charge on any atom is -0.0178 e. The van der Waals surface area contributed by atoms with E-state index in [9.17, 15) is 0 Å². The van der Waals surface area contributed by atoms with Gasteiger partial charge in [-0.3, -0.25) is 0 Å². The Hall–Kier alpha value is -2.34. The van der Waals surface area contributed by atoms with E-state index < -0.39 is 0 Å². The van der Waals surface area contributed by atoms with Gasteiger partial charge < -0.3 is 0 Å². The van der Waals surface area contributed by atoms with E-state index in [0.717, 1.165) is 0 Å². The highest BCUT2D eigenvalue weighted by Crippen LogP contribution is 2.25. The van der Waals surface area contributed by atoms with Gasteiger partial charge in [-0.05, 0) is 34.4 Å². The molecule has 0 heteroatoms. The molecule has 3 rings (SSSR count). The van der Waals surface area contributed by atoms with Crippen molar-refractivity contribution in [1.82, 2.24) is 0 Å². The summed E-state index contributed by atoms with van der Waals surface area (Å²) in [5.74, 6) is 0. The maximum absolute atomic E-state index is 2.22. The first-order valence-corrected chi connectivity index (χ1v) is 6.14. The third-order valence-corrected chi connectivity index (χ3v) is 3.02. The normalized spacial score (nSPS) is 11.1. The molecule has 0 fully saturated rings. The Morgan fingerprint density at radius 3 is 1.61 bits per heavy atom. The number of rotatable bonds is 2. The highest BCUT2D eigenvalue weighted by Gasteiger charge is 2.01. The minimum Gasteiger partial charge on any atom is -0.0622 e. The number of hydrogen-bond acceptors (Lipinski definition) is 0. The van der Waals surface area contributed by atoms with Crippen LogP contribution in [0.3, 0.4) is 0 Å². The molecule has 0 atom stereocenters. The average Bonchev–Trinajstić information content (AvgIpc) is 2.68. The number of hydrogen-bond donors (Lipinski definition) is 0. The van der Waals surface area contributed by atoms with Crippen LogP contribution < -0.4 is 0 Å². The second-order valence-electron chi connectivity index (χ2n) is 4.35. The van der Waals surface area contributed by atoms with E-state index in [2.05, 4.69) is 78.9 Å². The summed E-state index contributed by atoms with van der Waals surface area (Å²) >= 11 is 0. The van der Waals surface area contributed by atoms with Crippen LogP contribution in [0.1, 0.15) is 11.1 Å². The maximum atomic E-state index is 2.22. The molecule has 0 saturated carbocycles. The van der Waals surface area contributed by atoms with Crippen LogP contribution in [0.15, 0.2) is 72.8 Å². The van der Waals surface area contributed by atoms with Crippen LogP contribution in [0, 0.1) is 0 Å². The largest absolute Gasteiger partial charge is 0.0622 e. The first kappa shape index (κ1) is 10.8. The molecule has 0 amide bonds. The predicted molar refractivity (Wildman–Crippen MR) is 78.4 cm³/mol. The Balaban J connectivity index is 1.93. The van der Waals surface area contributed by atoms with Gasteiger partial charge in [0.05, 0.1) is 0 Å². The van der Waals surface area contributed by atoms with E-state index in [1.54, 1.807) is 0 Å². The highest BCUT2D eigenvalue weighted by atomic mass is 14.1. The molecule has 0 heterocycles. The summed E-state index contributed by atoms with van der Waals surface area (Å²) < 4.78 is 0. The molecule has 0 bridgehead atoms. The zero-order chi connectivity index (χ0) is 12.2. The lowest BCUT2D eigenvalue weighted by Gasteiger charge is -1.89. The molecular formula is C18H14. The summed E-state index contributed by atoms with van der Waals surface area (Å²) in [5.41, 5.74) is 5.05. The second-order valence-corrected chi connectivity index (χ2v) is 4.35. The Morgan fingerprint density at radius 1 is 0.500 bits per heavy atom. The molecule has 2 aliphatic rings. The van der Waals surface area contributed by atoms with Crippen molar-refractivity contribution in [3.63, 3.8) is 0 Å². The third-order valence-electron chi connectivity index (χ3n) is 3.02. The summed E-state index contributed by atoms with van der Waals surface area (Å²) in [6.07, 6.45) is 4.31. The van der Waals surface area contributed by atoms with Crippen LogP contribution in [0.4, 0.5) is 0 Å². The topological polar surface area (TPSA) is 0 Å². The number of fused-ring (bicyclic) bond motifs is 1. The van der Waals surface area contributed by atoms with E-state index in [-0.39, 0.29) is 0 Å². The van der Waals surface area contributed by atoms with Crippen molar-refractivity contribution in [2.75, 3.05) is 0 Å². The number of benzene rings is 1. The first-order valence-electron chi connectivity index (χ1n) is 6.14. The molecule has 0 aromatic heterocycles. The Morgan fingerprint density at radius 2 is 1.00 bits per heavy atom. The monoisotopic (exact) mass is 230 g/mol. The quantitative estimate of drug-likeness (QED) is 0.583. The zero-order valence-electron chi connectivity index (χ0n) is 10.1. The van der Waals surface area contributed by atoms with Gasteiger partial charge in [0.15, 0.2) is 0 Å². The van der Waals surface area contributed by atoms with Gasteiger partial charge in [0.25, 0.3) is 0 Å². The van der Waals surface area contributed by atoms with E-state index in [0.29, 0.717) is 0 Å². The smallest absolute Gasteiger partial charge is 0.0178 e. The molecule has 0 saturated heterocycles. The lowest BCUT2D eigenvalue weighted by molar-refractivity contribution is 1.66. The van der Waals surface area contributed by atoms with Crippen LogP contribution in [0.2, 0.25) is 0 Å². The van der Waals surface area contributed by atoms with Gasteiger partial charge in [0.1, 0.15) is 0 Å². The van der Waals surface area contributed by atoms with Crippen molar-refractivity contribution in [3.8, 4) is 11.1 Å². The van der Waals surface area contributed by atoms with Crippen molar-refractivity contribution < 1.29 is 0 Å². The Labute approximate surface area is 108 Å². The molecule has 18 heavy (non-hydrogen) atoms. The first-order chi connectivity index (χ1) is 8.92. The summed E-state index contributed by atoms with van der Waals surface area (Å²) in [4.78, 5) is 0. The van der Waals surface area contributed by atoms with Crippen LogP contribution in [0.5, 0.6) is 0 Å². The van der Waals surface area contributed by atoms with Gasteiger partial charge in [0.2, 0.25) is 0 Å². The predicted octanol–water partition coefficient (Wildman–Crippen LogP) is 4.96. The van der Waals surface area contributed by atoms with Crippen LogP contribution >= 0.6 is 0 Å². The van der Waals surface area contributed by atoms with Crippen LogP contribution in [-0.4, -0.2) is 0 Å². The van der Waals surface area contributed by atoms with Crippen molar-refractivity contribution in [3.05, 3.63) is 83.9 Å². The molecule has 0 radical (unpaired) electrons. The van der Waals surface area contributed by atoms with Gasteiger partial charge in [0, 0.05) is 0 Å². The molecule has 0 spiro atoms. The summed E-state index contributed by atoms with van der Waals surface area (Å²) in [7, 11) is 0. The molecule has 0 aliphatic heterocycles. The van der Waals surface area contributed by atoms with E-state index in [1.165, 1.54) is 22.3 Å². The van der Waals surface area contributed by atoms with Crippen molar-refractivity contribution in [1.29, 1.82) is 0 Å². The zero-order valence-corrected chi connectivity index (χ0v) is 10.1. The second kappa shape index (κ2) is 4.89. The van der Waals surface area contributed by atoms with Gasteiger partial charge in [-0.2, -0.15) is 0 Å². The Bertz CT molecular complexity index is 605. The molecule has 0 nitrogen and oxygen atoms in total. The highest BCUT2D eigenvalue weighted by molar-refractivity contribution is 5.78. The fraction of sp³-hybridized carbons (Fsp3) is 0. The van der Waals surface area contributed by atoms with E-state index in [4.69, 9.17) is 0 Å². The molecular weight excluding hydrogens is 216 g/mol. The summed E-state index contributed by atoms with van der Waals surface area (Å²) in [5, 5.41) is 0. The lowest BCUT2D eigenvalue weighted by Crippen LogP contribution is -1.67. The van der Waals surface area contributed by atoms with Crippen molar-refractivity contribution >= 4 is 12.2 Å². The molecule has 0 unspecified atom stereocenters.